The van der Waals surface area contributed by atoms with Gasteiger partial charge >= 0.3 is 0 Å². The van der Waals surface area contributed by atoms with Gasteiger partial charge in [-0.2, -0.15) is 5.10 Å². The molecule has 0 radical (unpaired) electrons. The van der Waals surface area contributed by atoms with Crippen molar-refractivity contribution in [3.05, 3.63) is 75.1 Å². The summed E-state index contributed by atoms with van der Waals surface area (Å²) in [7, 11) is 0. The van der Waals surface area contributed by atoms with E-state index in [1.54, 1.807) is 34.6 Å². The molecular formula is C22H23N3O2S2. The number of benzene rings is 1. The fourth-order valence-corrected chi connectivity index (χ4v) is 5.02. The number of para-hydroxylation sites is 1. The van der Waals surface area contributed by atoms with Crippen LogP contribution in [0.4, 0.5) is 5.69 Å². The number of aliphatic hydroxyl groups excluding tert-OH is 1. The first-order valence-electron chi connectivity index (χ1n) is 9.56. The molecule has 2 atom stereocenters. The highest BCUT2D eigenvalue weighted by Gasteiger charge is 2.34. The van der Waals surface area contributed by atoms with Gasteiger partial charge in [0.1, 0.15) is 0 Å². The number of hydrogen-bond donors (Lipinski definition) is 1. The number of carbonyl (C=O) groups is 1. The molecule has 0 spiro atoms. The quantitative estimate of drug-likeness (QED) is 0.611. The molecule has 3 aromatic rings. The van der Waals surface area contributed by atoms with Crippen LogP contribution in [0.15, 0.2) is 70.5 Å². The second kappa shape index (κ2) is 8.90. The number of hydrogen-bond acceptors (Lipinski definition) is 6. The Hall–Kier alpha value is -2.48. The van der Waals surface area contributed by atoms with Gasteiger partial charge in [-0.1, -0.05) is 30.3 Å². The van der Waals surface area contributed by atoms with Crippen LogP contribution in [-0.2, 0) is 4.79 Å². The Morgan fingerprint density at radius 1 is 1.17 bits per heavy atom. The van der Waals surface area contributed by atoms with E-state index in [9.17, 15) is 9.90 Å². The Bertz CT molecular complexity index is 953. The zero-order valence-corrected chi connectivity index (χ0v) is 17.8. The molecule has 0 saturated heterocycles. The van der Waals surface area contributed by atoms with E-state index in [0.717, 1.165) is 21.2 Å². The second-order valence-corrected chi connectivity index (χ2v) is 8.99. The molecule has 0 fully saturated rings. The third-order valence-electron chi connectivity index (χ3n) is 4.78. The van der Waals surface area contributed by atoms with Gasteiger partial charge in [0.2, 0.25) is 0 Å². The summed E-state index contributed by atoms with van der Waals surface area (Å²) in [4.78, 5) is 17.5. The maximum atomic E-state index is 13.3. The monoisotopic (exact) mass is 425 g/mol. The van der Waals surface area contributed by atoms with Crippen molar-refractivity contribution in [1.82, 2.24) is 5.01 Å². The Labute approximate surface area is 178 Å². The first-order chi connectivity index (χ1) is 14.1. The fourth-order valence-electron chi connectivity index (χ4n) is 3.49. The van der Waals surface area contributed by atoms with Gasteiger partial charge in [-0.15, -0.1) is 22.7 Å². The van der Waals surface area contributed by atoms with E-state index >= 15 is 0 Å². The van der Waals surface area contributed by atoms with Crippen LogP contribution in [0.1, 0.15) is 29.1 Å². The fraction of sp³-hybridized carbons (Fsp3) is 0.273. The summed E-state index contributed by atoms with van der Waals surface area (Å²) in [6, 6.07) is 17.8. The molecule has 7 heteroatoms. The Morgan fingerprint density at radius 3 is 2.59 bits per heavy atom. The average molecular weight is 426 g/mol. The van der Waals surface area contributed by atoms with Crippen molar-refractivity contribution in [2.75, 3.05) is 18.0 Å². The highest BCUT2D eigenvalue weighted by atomic mass is 32.1. The normalized spacial score (nSPS) is 17.2. The first-order valence-corrected chi connectivity index (χ1v) is 11.3. The summed E-state index contributed by atoms with van der Waals surface area (Å²) in [6.07, 6.45) is 0.175. The number of rotatable bonds is 7. The number of anilines is 1. The lowest BCUT2D eigenvalue weighted by Crippen LogP contribution is -2.41. The molecule has 1 aliphatic heterocycles. The summed E-state index contributed by atoms with van der Waals surface area (Å²) >= 11 is 3.29. The van der Waals surface area contributed by atoms with Crippen LogP contribution in [0.2, 0.25) is 0 Å². The van der Waals surface area contributed by atoms with Crippen LogP contribution in [-0.4, -0.2) is 40.9 Å². The molecule has 1 aromatic carbocycles. The van der Waals surface area contributed by atoms with Crippen molar-refractivity contribution in [3.63, 3.8) is 0 Å². The van der Waals surface area contributed by atoms with Crippen molar-refractivity contribution in [2.24, 2.45) is 5.10 Å². The molecule has 1 N–H and O–H groups in total. The molecule has 2 unspecified atom stereocenters. The van der Waals surface area contributed by atoms with Crippen LogP contribution in [0.3, 0.4) is 0 Å². The molecule has 29 heavy (non-hydrogen) atoms. The lowest BCUT2D eigenvalue weighted by atomic mass is 10.1. The van der Waals surface area contributed by atoms with E-state index < -0.39 is 6.10 Å². The van der Waals surface area contributed by atoms with E-state index in [2.05, 4.69) is 6.07 Å². The van der Waals surface area contributed by atoms with Gasteiger partial charge < -0.3 is 10.0 Å². The molecule has 1 aliphatic rings. The molecule has 0 saturated carbocycles. The number of thiophene rings is 2. The van der Waals surface area contributed by atoms with Crippen LogP contribution in [0.5, 0.6) is 0 Å². The number of amides is 1. The van der Waals surface area contributed by atoms with Crippen molar-refractivity contribution < 1.29 is 9.90 Å². The van der Waals surface area contributed by atoms with Crippen LogP contribution < -0.4 is 4.90 Å². The minimum absolute atomic E-state index is 0.0699. The van der Waals surface area contributed by atoms with Gasteiger partial charge in [0.15, 0.2) is 0 Å². The largest absolute Gasteiger partial charge is 0.392 e. The van der Waals surface area contributed by atoms with E-state index in [0.29, 0.717) is 13.0 Å². The molecule has 0 bridgehead atoms. The third-order valence-corrected chi connectivity index (χ3v) is 6.67. The van der Waals surface area contributed by atoms with Crippen LogP contribution >= 0.6 is 22.7 Å². The van der Waals surface area contributed by atoms with Crippen molar-refractivity contribution in [2.45, 2.75) is 25.5 Å². The highest BCUT2D eigenvalue weighted by Crippen LogP contribution is 2.36. The topological polar surface area (TPSA) is 56.1 Å². The minimum atomic E-state index is -0.542. The van der Waals surface area contributed by atoms with Gasteiger partial charge in [-0.25, -0.2) is 5.01 Å². The Morgan fingerprint density at radius 2 is 1.93 bits per heavy atom. The minimum Gasteiger partial charge on any atom is -0.392 e. The zero-order valence-electron chi connectivity index (χ0n) is 16.1. The maximum absolute atomic E-state index is 13.3. The van der Waals surface area contributed by atoms with Crippen LogP contribution in [0, 0.1) is 0 Å². The smallest absolute Gasteiger partial charge is 0.262 e. The number of carbonyl (C=O) groups excluding carboxylic acids is 1. The summed E-state index contributed by atoms with van der Waals surface area (Å²) < 4.78 is 0. The zero-order chi connectivity index (χ0) is 20.2. The van der Waals surface area contributed by atoms with Gasteiger partial charge in [0.05, 0.1) is 29.3 Å². The number of nitrogens with zero attached hydrogens (tertiary/aromatic N) is 3. The molecule has 3 heterocycles. The highest BCUT2D eigenvalue weighted by molar-refractivity contribution is 7.12. The van der Waals surface area contributed by atoms with Gasteiger partial charge in [-0.3, -0.25) is 4.79 Å². The lowest BCUT2D eigenvalue weighted by molar-refractivity contribution is -0.131. The average Bonchev–Trinajstić information content (AvgIpc) is 3.48. The molecular weight excluding hydrogens is 402 g/mol. The SMILES string of the molecule is CC(O)CN(CC(=O)N1N=C(c2cccs2)CC1c1cccs1)c1ccccc1. The summed E-state index contributed by atoms with van der Waals surface area (Å²) in [6.45, 7) is 2.28. The van der Waals surface area contributed by atoms with Gasteiger partial charge in [0, 0.05) is 23.5 Å². The summed E-state index contributed by atoms with van der Waals surface area (Å²) in [5, 5.41) is 20.4. The summed E-state index contributed by atoms with van der Waals surface area (Å²) in [5.41, 5.74) is 1.87. The Kier molecular flexibility index (Phi) is 6.08. The number of hydrazone groups is 1. The van der Waals surface area contributed by atoms with Crippen molar-refractivity contribution >= 4 is 40.0 Å². The maximum Gasteiger partial charge on any atom is 0.262 e. The summed E-state index contributed by atoms with van der Waals surface area (Å²) in [5.74, 6) is -0.0699. The molecule has 0 aliphatic carbocycles. The van der Waals surface area contributed by atoms with E-state index in [1.807, 2.05) is 64.2 Å². The number of aliphatic hydroxyl groups is 1. The van der Waals surface area contributed by atoms with Crippen LogP contribution in [0.25, 0.3) is 0 Å². The molecule has 5 nitrogen and oxygen atoms in total. The van der Waals surface area contributed by atoms with E-state index in [4.69, 9.17) is 5.10 Å². The molecule has 1 amide bonds. The Balaban J connectivity index is 1.59. The molecule has 150 valence electrons. The molecule has 4 rings (SSSR count). The van der Waals surface area contributed by atoms with Gasteiger partial charge in [0.25, 0.3) is 5.91 Å². The second-order valence-electron chi connectivity index (χ2n) is 7.06. The standard InChI is InChI=1S/C22H23N3O2S2/c1-16(26)14-24(17-7-3-2-4-8-17)15-22(27)25-19(21-10-6-12-29-21)13-18(23-25)20-9-5-11-28-20/h2-12,16,19,26H,13-15H2,1H3. The van der Waals surface area contributed by atoms with Crippen molar-refractivity contribution in [3.8, 4) is 0 Å². The lowest BCUT2D eigenvalue weighted by Gasteiger charge is -2.28. The third kappa shape index (κ3) is 4.58. The molecule has 2 aromatic heterocycles. The van der Waals surface area contributed by atoms with Gasteiger partial charge in [-0.05, 0) is 41.9 Å². The predicted octanol–water partition coefficient (Wildman–Crippen LogP) is 4.37. The van der Waals surface area contributed by atoms with E-state index in [1.165, 1.54) is 0 Å². The van der Waals surface area contributed by atoms with Crippen molar-refractivity contribution in [1.29, 1.82) is 0 Å². The van der Waals surface area contributed by atoms with E-state index in [-0.39, 0.29) is 18.5 Å². The predicted molar refractivity (Wildman–Crippen MR) is 120 cm³/mol. The first kappa shape index (κ1) is 19.8.